The maximum atomic E-state index is 10.3. The van der Waals surface area contributed by atoms with E-state index in [1.54, 1.807) is 18.4 Å². The smallest absolute Gasteiger partial charge is 0.150 e. The fraction of sp³-hybridized carbons (Fsp3) is 0.324. The fourth-order valence-corrected chi connectivity index (χ4v) is 5.88. The van der Waals surface area contributed by atoms with Gasteiger partial charge in [0.2, 0.25) is 0 Å². The average Bonchev–Trinajstić information content (AvgIpc) is 3.59. The summed E-state index contributed by atoms with van der Waals surface area (Å²) >= 11 is 0. The molecule has 6 rings (SSSR count). The second-order valence-electron chi connectivity index (χ2n) is 11.3. The first-order chi connectivity index (χ1) is 19.4. The van der Waals surface area contributed by atoms with Gasteiger partial charge in [-0.25, -0.2) is 0 Å². The first kappa shape index (κ1) is 26.2. The molecule has 1 N–H and O–H groups in total. The average molecular weight is 537 g/mol. The van der Waals surface area contributed by atoms with Crippen LogP contribution in [-0.2, 0) is 0 Å². The van der Waals surface area contributed by atoms with Gasteiger partial charge in [-0.2, -0.15) is 0 Å². The predicted molar refractivity (Wildman–Crippen MR) is 157 cm³/mol. The second kappa shape index (κ2) is 10.9. The lowest BCUT2D eigenvalue weighted by molar-refractivity contribution is 0.169. The van der Waals surface area contributed by atoms with Crippen LogP contribution in [0.2, 0.25) is 0 Å². The van der Waals surface area contributed by atoms with E-state index in [1.165, 1.54) is 6.42 Å². The molecule has 4 aromatic rings. The Morgan fingerprint density at radius 1 is 1.05 bits per heavy atom. The number of allylic oxidation sites excluding steroid dienone is 1. The number of aromatic nitrogens is 1. The van der Waals surface area contributed by atoms with Gasteiger partial charge >= 0.3 is 0 Å². The molecule has 6 nitrogen and oxygen atoms in total. The lowest BCUT2D eigenvalue weighted by atomic mass is 9.85. The number of likely N-dealkylation sites (tertiary alicyclic amines) is 1. The molecule has 1 aromatic heterocycles. The van der Waals surface area contributed by atoms with Gasteiger partial charge in [0, 0.05) is 34.9 Å². The van der Waals surface area contributed by atoms with Gasteiger partial charge in [0.1, 0.15) is 41.9 Å². The molecule has 0 aliphatic carbocycles. The number of hydrogen-bond donors (Lipinski definition) is 1. The van der Waals surface area contributed by atoms with Gasteiger partial charge in [0.05, 0.1) is 0 Å². The monoisotopic (exact) mass is 536 g/mol. The molecule has 1 saturated heterocycles. The van der Waals surface area contributed by atoms with Crippen LogP contribution in [0.25, 0.3) is 22.4 Å². The van der Waals surface area contributed by atoms with Crippen molar-refractivity contribution in [1.29, 1.82) is 0 Å². The van der Waals surface area contributed by atoms with E-state index in [0.29, 0.717) is 12.6 Å². The van der Waals surface area contributed by atoms with Crippen LogP contribution in [0.3, 0.4) is 0 Å². The number of phenolic OH excluding ortho intramolecular Hbond substituents is 1. The molecule has 0 spiro atoms. The van der Waals surface area contributed by atoms with Crippen molar-refractivity contribution < 1.29 is 19.1 Å². The molecule has 3 atom stereocenters. The van der Waals surface area contributed by atoms with Crippen molar-refractivity contribution in [3.05, 3.63) is 95.2 Å². The summed E-state index contributed by atoms with van der Waals surface area (Å²) < 4.78 is 18.1. The summed E-state index contributed by atoms with van der Waals surface area (Å²) in [6.45, 7) is 11.6. The third-order valence-corrected chi connectivity index (χ3v) is 8.23. The predicted octanol–water partition coefficient (Wildman–Crippen LogP) is 7.53. The Labute approximate surface area is 235 Å². The third-order valence-electron chi connectivity index (χ3n) is 8.23. The van der Waals surface area contributed by atoms with E-state index in [0.717, 1.165) is 75.2 Å². The summed E-state index contributed by atoms with van der Waals surface area (Å²) in [7, 11) is 0. The Morgan fingerprint density at radius 3 is 2.58 bits per heavy atom. The van der Waals surface area contributed by atoms with E-state index in [2.05, 4.69) is 49.0 Å². The van der Waals surface area contributed by atoms with Crippen molar-refractivity contribution >= 4 is 11.1 Å². The van der Waals surface area contributed by atoms with E-state index in [1.807, 2.05) is 43.3 Å². The van der Waals surface area contributed by atoms with Crippen LogP contribution in [0, 0.1) is 12.8 Å². The van der Waals surface area contributed by atoms with E-state index in [9.17, 15) is 5.11 Å². The molecule has 0 saturated carbocycles. The highest BCUT2D eigenvalue weighted by molar-refractivity contribution is 5.96. The lowest BCUT2D eigenvalue weighted by Crippen LogP contribution is -2.35. The topological polar surface area (TPSA) is 68.0 Å². The number of hydrogen-bond acceptors (Lipinski definition) is 6. The highest BCUT2D eigenvalue weighted by Gasteiger charge is 2.30. The molecule has 2 aliphatic heterocycles. The minimum absolute atomic E-state index is 0.226. The quantitative estimate of drug-likeness (QED) is 0.263. The highest BCUT2D eigenvalue weighted by Crippen LogP contribution is 2.48. The normalized spacial score (nSPS) is 19.8. The number of phenols is 1. The molecule has 6 heteroatoms. The number of aryl methyl sites for hydroxylation is 1. The van der Waals surface area contributed by atoms with Gasteiger partial charge in [-0.15, -0.1) is 0 Å². The van der Waals surface area contributed by atoms with Crippen LogP contribution in [0.5, 0.6) is 17.2 Å². The van der Waals surface area contributed by atoms with Crippen molar-refractivity contribution in [2.75, 3.05) is 19.7 Å². The van der Waals surface area contributed by atoms with Gasteiger partial charge in [-0.05, 0) is 86.7 Å². The molecule has 0 radical (unpaired) electrons. The molecular weight excluding hydrogens is 500 g/mol. The van der Waals surface area contributed by atoms with E-state index >= 15 is 0 Å². The van der Waals surface area contributed by atoms with Crippen molar-refractivity contribution in [3.8, 4) is 28.5 Å². The number of fused-ring (bicyclic) bond motifs is 1. The molecule has 1 fully saturated rings. The summed E-state index contributed by atoms with van der Waals surface area (Å²) in [6.07, 6.45) is 2.55. The number of nitrogens with zero attached hydrogens (tertiary/aromatic N) is 2. The van der Waals surface area contributed by atoms with Gasteiger partial charge in [0.15, 0.2) is 0 Å². The van der Waals surface area contributed by atoms with Crippen LogP contribution in [0.15, 0.2) is 77.5 Å². The lowest BCUT2D eigenvalue weighted by Gasteiger charge is -2.31. The van der Waals surface area contributed by atoms with Crippen molar-refractivity contribution in [2.45, 2.75) is 46.3 Å². The first-order valence-corrected chi connectivity index (χ1v) is 14.1. The largest absolute Gasteiger partial charge is 0.508 e. The van der Waals surface area contributed by atoms with Crippen LogP contribution < -0.4 is 9.47 Å². The van der Waals surface area contributed by atoms with Crippen molar-refractivity contribution in [2.24, 2.45) is 5.92 Å². The summed E-state index contributed by atoms with van der Waals surface area (Å²) in [5.41, 5.74) is 7.83. The van der Waals surface area contributed by atoms with Gasteiger partial charge < -0.3 is 19.1 Å². The molecule has 2 aliphatic rings. The zero-order valence-corrected chi connectivity index (χ0v) is 23.6. The first-order valence-electron chi connectivity index (χ1n) is 14.1. The van der Waals surface area contributed by atoms with E-state index in [-0.39, 0.29) is 11.9 Å². The fourth-order valence-electron chi connectivity index (χ4n) is 5.88. The molecule has 206 valence electrons. The van der Waals surface area contributed by atoms with Crippen LogP contribution >= 0.6 is 0 Å². The number of aromatic hydroxyl groups is 1. The van der Waals surface area contributed by atoms with Crippen LogP contribution in [-0.4, -0.2) is 40.9 Å². The van der Waals surface area contributed by atoms with Crippen molar-refractivity contribution in [1.82, 2.24) is 10.1 Å². The minimum Gasteiger partial charge on any atom is -0.508 e. The summed E-state index contributed by atoms with van der Waals surface area (Å²) in [5, 5.41) is 14.5. The molecule has 40 heavy (non-hydrogen) atoms. The van der Waals surface area contributed by atoms with Crippen LogP contribution in [0.4, 0.5) is 0 Å². The molecule has 0 amide bonds. The molecule has 3 aromatic carbocycles. The SMILES string of the molecule is CC1=C(c2cccc(O)c2)C(c2ccc(OC[C@H](C)N3CC[C@@H](C)C3)cc2)Oc2cc(-c3nocc3C)ccc21. The summed E-state index contributed by atoms with van der Waals surface area (Å²) in [6, 6.07) is 22.1. The molecule has 3 heterocycles. The van der Waals surface area contributed by atoms with Crippen LogP contribution in [0.1, 0.15) is 55.5 Å². The summed E-state index contributed by atoms with van der Waals surface area (Å²) in [4.78, 5) is 2.51. The molecular formula is C34H36N2O4. The maximum Gasteiger partial charge on any atom is 0.150 e. The van der Waals surface area contributed by atoms with Gasteiger partial charge in [0.25, 0.3) is 0 Å². The van der Waals surface area contributed by atoms with E-state index < -0.39 is 0 Å². The summed E-state index contributed by atoms with van der Waals surface area (Å²) in [5.74, 6) is 2.63. The standard InChI is InChI=1S/C34H36N2O4/c1-21-14-15-36(18-21)23(3)20-38-29-11-8-25(9-12-29)34-32(26-6-5-7-28(37)16-26)24(4)30-13-10-27(17-31(30)40-34)33-22(2)19-39-35-33/h5-13,16-17,19,21,23,34,37H,14-15,18,20H2,1-4H3/t21-,23+,34?/m1/s1. The maximum absolute atomic E-state index is 10.3. The Kier molecular flexibility index (Phi) is 7.11. The Hall–Kier alpha value is -4.03. The Bertz CT molecular complexity index is 1540. The zero-order valence-electron chi connectivity index (χ0n) is 23.6. The number of benzene rings is 3. The number of ether oxygens (including phenoxy) is 2. The third kappa shape index (κ3) is 5.11. The zero-order chi connectivity index (χ0) is 27.8. The number of rotatable bonds is 7. The molecule has 0 bridgehead atoms. The van der Waals surface area contributed by atoms with Gasteiger partial charge in [-0.3, -0.25) is 4.90 Å². The van der Waals surface area contributed by atoms with Gasteiger partial charge in [-0.1, -0.05) is 48.5 Å². The molecule has 1 unspecified atom stereocenters. The van der Waals surface area contributed by atoms with Crippen molar-refractivity contribution in [3.63, 3.8) is 0 Å². The second-order valence-corrected chi connectivity index (χ2v) is 11.3. The van der Waals surface area contributed by atoms with E-state index in [4.69, 9.17) is 14.0 Å². The minimum atomic E-state index is -0.359. The Balaban J connectivity index is 1.31. The Morgan fingerprint density at radius 2 is 1.88 bits per heavy atom. The highest BCUT2D eigenvalue weighted by atomic mass is 16.5.